The molecule has 1 fully saturated rings. The number of nitrogens with zero attached hydrogens (tertiary/aromatic N) is 2. The van der Waals surface area contributed by atoms with Crippen LogP contribution < -0.4 is 0 Å². The van der Waals surface area contributed by atoms with E-state index in [1.807, 2.05) is 12.1 Å². The van der Waals surface area contributed by atoms with Gasteiger partial charge in [-0.1, -0.05) is 6.92 Å². The Bertz CT molecular complexity index is 420. The van der Waals surface area contributed by atoms with Crippen LogP contribution in [0.5, 0.6) is 0 Å². The quantitative estimate of drug-likeness (QED) is 0.891. The number of rotatable bonds is 5. The van der Waals surface area contributed by atoms with E-state index in [-0.39, 0.29) is 5.54 Å². The van der Waals surface area contributed by atoms with Crippen molar-refractivity contribution in [1.82, 2.24) is 9.88 Å². The smallest absolute Gasteiger partial charge is 0.0776 e. The number of aliphatic hydroxyl groups is 1. The highest BCUT2D eigenvalue weighted by Crippen LogP contribution is 2.27. The van der Waals surface area contributed by atoms with Gasteiger partial charge in [0.05, 0.1) is 19.3 Å². The predicted molar refractivity (Wildman–Crippen MR) is 82.7 cm³/mol. The summed E-state index contributed by atoms with van der Waals surface area (Å²) < 4.78 is 6.37. The highest BCUT2D eigenvalue weighted by Gasteiger charge is 2.38. The van der Waals surface area contributed by atoms with Crippen molar-refractivity contribution in [1.29, 1.82) is 0 Å². The summed E-state index contributed by atoms with van der Waals surface area (Å²) >= 11 is 3.38. The van der Waals surface area contributed by atoms with Gasteiger partial charge in [-0.15, -0.1) is 0 Å². The summed E-state index contributed by atoms with van der Waals surface area (Å²) in [5, 5.41) is 10.7. The number of pyridine rings is 1. The number of aromatic nitrogens is 1. The first-order chi connectivity index (χ1) is 9.56. The molecule has 20 heavy (non-hydrogen) atoms. The molecule has 2 rings (SSSR count). The summed E-state index contributed by atoms with van der Waals surface area (Å²) in [6.45, 7) is 7.54. The molecule has 0 aliphatic carbocycles. The molecule has 2 heterocycles. The summed E-state index contributed by atoms with van der Waals surface area (Å²) in [4.78, 5) is 6.71. The van der Waals surface area contributed by atoms with Crippen LogP contribution >= 0.6 is 15.9 Å². The van der Waals surface area contributed by atoms with Gasteiger partial charge >= 0.3 is 0 Å². The fourth-order valence-corrected chi connectivity index (χ4v) is 2.92. The van der Waals surface area contributed by atoms with Crippen molar-refractivity contribution in [3.8, 4) is 0 Å². The Morgan fingerprint density at radius 1 is 1.45 bits per heavy atom. The molecule has 5 heteroatoms. The van der Waals surface area contributed by atoms with Crippen LogP contribution in [0.1, 0.15) is 26.0 Å². The fourth-order valence-electron chi connectivity index (χ4n) is 2.69. The van der Waals surface area contributed by atoms with Crippen LogP contribution in [0, 0.1) is 0 Å². The van der Waals surface area contributed by atoms with Gasteiger partial charge < -0.3 is 9.84 Å². The van der Waals surface area contributed by atoms with E-state index < -0.39 is 6.10 Å². The van der Waals surface area contributed by atoms with E-state index in [1.54, 1.807) is 6.20 Å². The molecule has 4 nitrogen and oxygen atoms in total. The van der Waals surface area contributed by atoms with Crippen LogP contribution in [0.4, 0.5) is 0 Å². The molecule has 0 spiro atoms. The van der Waals surface area contributed by atoms with Gasteiger partial charge in [0.25, 0.3) is 0 Å². The summed E-state index contributed by atoms with van der Waals surface area (Å²) in [5.74, 6) is 0. The Morgan fingerprint density at radius 3 is 2.70 bits per heavy atom. The Balaban J connectivity index is 2.07. The largest absolute Gasteiger partial charge is 0.391 e. The zero-order valence-corrected chi connectivity index (χ0v) is 13.8. The molecule has 1 aromatic heterocycles. The van der Waals surface area contributed by atoms with Gasteiger partial charge in [-0.3, -0.25) is 9.88 Å². The maximum Gasteiger partial charge on any atom is 0.0776 e. The Kier molecular flexibility index (Phi) is 5.55. The second-order valence-electron chi connectivity index (χ2n) is 5.50. The number of aliphatic hydroxyl groups excluding tert-OH is 1. The fraction of sp³-hybridized carbons (Fsp3) is 0.667. The van der Waals surface area contributed by atoms with Crippen LogP contribution in [0.25, 0.3) is 0 Å². The number of halogens is 1. The van der Waals surface area contributed by atoms with Crippen LogP contribution in [0.2, 0.25) is 0 Å². The van der Waals surface area contributed by atoms with Gasteiger partial charge in [-0.25, -0.2) is 0 Å². The van der Waals surface area contributed by atoms with Crippen LogP contribution in [0.15, 0.2) is 22.8 Å². The molecule has 0 saturated carbocycles. The minimum atomic E-state index is -0.431. The lowest BCUT2D eigenvalue weighted by Gasteiger charge is -2.45. The van der Waals surface area contributed by atoms with Crippen molar-refractivity contribution in [3.63, 3.8) is 0 Å². The normalized spacial score (nSPS) is 21.4. The van der Waals surface area contributed by atoms with Gasteiger partial charge in [-0.05, 0) is 41.4 Å². The van der Waals surface area contributed by atoms with E-state index in [2.05, 4.69) is 39.7 Å². The second-order valence-corrected chi connectivity index (χ2v) is 6.41. The molecular formula is C15H23BrN2O2. The van der Waals surface area contributed by atoms with Gasteiger partial charge in [0.15, 0.2) is 0 Å². The third-order valence-electron chi connectivity index (χ3n) is 4.36. The molecule has 2 unspecified atom stereocenters. The van der Waals surface area contributed by atoms with Crippen LogP contribution in [-0.4, -0.2) is 52.9 Å². The van der Waals surface area contributed by atoms with Crippen molar-refractivity contribution in [2.24, 2.45) is 0 Å². The van der Waals surface area contributed by atoms with Crippen molar-refractivity contribution >= 4 is 15.9 Å². The first-order valence-corrected chi connectivity index (χ1v) is 7.97. The first kappa shape index (κ1) is 15.9. The van der Waals surface area contributed by atoms with Crippen LogP contribution in [-0.2, 0) is 11.2 Å². The van der Waals surface area contributed by atoms with E-state index in [1.165, 1.54) is 0 Å². The Morgan fingerprint density at radius 2 is 2.15 bits per heavy atom. The van der Waals surface area contributed by atoms with Crippen molar-refractivity contribution in [2.45, 2.75) is 38.3 Å². The zero-order valence-electron chi connectivity index (χ0n) is 12.2. The highest BCUT2D eigenvalue weighted by atomic mass is 79.9. The predicted octanol–water partition coefficient (Wildman–Crippen LogP) is 2.25. The number of ether oxygens (including phenoxy) is 1. The van der Waals surface area contributed by atoms with E-state index in [0.29, 0.717) is 6.42 Å². The third kappa shape index (κ3) is 3.58. The maximum absolute atomic E-state index is 10.7. The summed E-state index contributed by atoms with van der Waals surface area (Å²) in [7, 11) is 0. The standard InChI is InChI=1S/C15H23BrN2O2/c1-3-15(2,18-6-8-20-9-7-18)14(19)10-13-5-4-12(16)11-17-13/h4-5,11,14,19H,3,6-10H2,1-2H3. The molecule has 1 aliphatic rings. The average molecular weight is 343 g/mol. The van der Waals surface area contributed by atoms with Gasteiger partial charge in [0.2, 0.25) is 0 Å². The Hall–Kier alpha value is -0.490. The molecule has 0 bridgehead atoms. The van der Waals surface area contributed by atoms with Crippen LogP contribution in [0.3, 0.4) is 0 Å². The monoisotopic (exact) mass is 342 g/mol. The SMILES string of the molecule is CCC(C)(C(O)Cc1ccc(Br)cn1)N1CCOCC1. The molecule has 0 amide bonds. The molecule has 2 atom stereocenters. The highest BCUT2D eigenvalue weighted by molar-refractivity contribution is 9.10. The van der Waals surface area contributed by atoms with Crippen molar-refractivity contribution in [2.75, 3.05) is 26.3 Å². The Labute approximate surface area is 129 Å². The number of hydrogen-bond acceptors (Lipinski definition) is 4. The van der Waals surface area contributed by atoms with Crippen molar-refractivity contribution < 1.29 is 9.84 Å². The molecule has 0 radical (unpaired) electrons. The number of morpholine rings is 1. The van der Waals surface area contributed by atoms with E-state index in [4.69, 9.17) is 4.74 Å². The van der Waals surface area contributed by atoms with Gasteiger partial charge in [0, 0.05) is 41.4 Å². The molecule has 1 aromatic rings. The molecular weight excluding hydrogens is 320 g/mol. The molecule has 0 aromatic carbocycles. The zero-order chi connectivity index (χ0) is 14.6. The summed E-state index contributed by atoms with van der Waals surface area (Å²) in [5.41, 5.74) is 0.701. The summed E-state index contributed by atoms with van der Waals surface area (Å²) in [6.07, 6.45) is 2.83. The molecule has 1 aliphatic heterocycles. The van der Waals surface area contributed by atoms with Crippen molar-refractivity contribution in [3.05, 3.63) is 28.5 Å². The topological polar surface area (TPSA) is 45.6 Å². The second kappa shape index (κ2) is 6.98. The van der Waals surface area contributed by atoms with Gasteiger partial charge in [-0.2, -0.15) is 0 Å². The maximum atomic E-state index is 10.7. The first-order valence-electron chi connectivity index (χ1n) is 7.17. The third-order valence-corrected chi connectivity index (χ3v) is 4.83. The van der Waals surface area contributed by atoms with E-state index in [9.17, 15) is 5.11 Å². The lowest BCUT2D eigenvalue weighted by atomic mass is 9.86. The molecule has 1 saturated heterocycles. The molecule has 1 N–H and O–H groups in total. The minimum absolute atomic E-state index is 0.224. The summed E-state index contributed by atoms with van der Waals surface area (Å²) in [6, 6.07) is 3.93. The van der Waals surface area contributed by atoms with E-state index >= 15 is 0 Å². The molecule has 112 valence electrons. The lowest BCUT2D eigenvalue weighted by Crippen LogP contribution is -2.58. The van der Waals surface area contributed by atoms with E-state index in [0.717, 1.165) is 42.9 Å². The lowest BCUT2D eigenvalue weighted by molar-refractivity contribution is -0.0716. The average Bonchev–Trinajstić information content (AvgIpc) is 2.49. The number of hydrogen-bond donors (Lipinski definition) is 1. The minimum Gasteiger partial charge on any atom is -0.391 e. The van der Waals surface area contributed by atoms with Gasteiger partial charge in [0.1, 0.15) is 0 Å².